The first kappa shape index (κ1) is 13.4. The van der Waals surface area contributed by atoms with Crippen molar-refractivity contribution < 1.29 is 4.79 Å². The number of benzene rings is 1. The highest BCUT2D eigenvalue weighted by Gasteiger charge is 2.11. The molecular formula is C13H21N3O. The number of amides is 1. The second kappa shape index (κ2) is 6.13. The second-order valence-corrected chi connectivity index (χ2v) is 4.29. The molecule has 94 valence electrons. The highest BCUT2D eigenvalue weighted by molar-refractivity contribution is 5.84. The van der Waals surface area contributed by atoms with Crippen LogP contribution in [0.4, 0.5) is 11.4 Å². The predicted octanol–water partition coefficient (Wildman–Crippen LogP) is 1.90. The Bertz CT molecular complexity index is 370. The average Bonchev–Trinajstić information content (AvgIpc) is 2.24. The molecule has 4 nitrogen and oxygen atoms in total. The molecule has 0 aromatic heterocycles. The fraction of sp³-hybridized carbons (Fsp3) is 0.462. The summed E-state index contributed by atoms with van der Waals surface area (Å²) in [4.78, 5) is 11.7. The van der Waals surface area contributed by atoms with Crippen LogP contribution in [0.25, 0.3) is 0 Å². The minimum atomic E-state index is -0.261. The third kappa shape index (κ3) is 4.34. The summed E-state index contributed by atoms with van der Waals surface area (Å²) in [6.07, 6.45) is 0.940. The van der Waals surface area contributed by atoms with E-state index in [1.165, 1.54) is 0 Å². The van der Waals surface area contributed by atoms with E-state index < -0.39 is 0 Å². The maximum atomic E-state index is 11.7. The average molecular weight is 235 g/mol. The molecule has 0 fully saturated rings. The van der Waals surface area contributed by atoms with Crippen LogP contribution in [0.5, 0.6) is 0 Å². The number of nitrogen functional groups attached to an aromatic ring is 1. The maximum Gasteiger partial charge on any atom is 0.242 e. The van der Waals surface area contributed by atoms with Crippen LogP contribution in [0.15, 0.2) is 18.2 Å². The molecule has 0 spiro atoms. The van der Waals surface area contributed by atoms with Gasteiger partial charge >= 0.3 is 0 Å². The van der Waals surface area contributed by atoms with Gasteiger partial charge in [-0.3, -0.25) is 4.79 Å². The molecule has 0 saturated carbocycles. The minimum Gasteiger partial charge on any atom is -0.399 e. The number of rotatable bonds is 5. The van der Waals surface area contributed by atoms with Crippen molar-refractivity contribution in [1.82, 2.24) is 5.32 Å². The van der Waals surface area contributed by atoms with Crippen molar-refractivity contribution in [3.05, 3.63) is 23.8 Å². The maximum absolute atomic E-state index is 11.7. The molecule has 1 rings (SSSR count). The Morgan fingerprint density at radius 2 is 2.12 bits per heavy atom. The largest absolute Gasteiger partial charge is 0.399 e. The highest BCUT2D eigenvalue weighted by atomic mass is 16.2. The molecular weight excluding hydrogens is 214 g/mol. The Morgan fingerprint density at radius 3 is 2.71 bits per heavy atom. The van der Waals surface area contributed by atoms with Crippen molar-refractivity contribution >= 4 is 17.3 Å². The van der Waals surface area contributed by atoms with Crippen molar-refractivity contribution in [2.24, 2.45) is 0 Å². The van der Waals surface area contributed by atoms with E-state index in [-0.39, 0.29) is 11.9 Å². The number of carbonyl (C=O) groups is 1. The number of hydrogen-bond acceptors (Lipinski definition) is 3. The van der Waals surface area contributed by atoms with Gasteiger partial charge in [0, 0.05) is 17.9 Å². The Morgan fingerprint density at radius 1 is 1.41 bits per heavy atom. The molecule has 1 atom stereocenters. The predicted molar refractivity (Wildman–Crippen MR) is 72.0 cm³/mol. The van der Waals surface area contributed by atoms with Gasteiger partial charge in [0.15, 0.2) is 0 Å². The van der Waals surface area contributed by atoms with Gasteiger partial charge in [0.1, 0.15) is 6.04 Å². The van der Waals surface area contributed by atoms with Gasteiger partial charge in [0.25, 0.3) is 0 Å². The smallest absolute Gasteiger partial charge is 0.242 e. The standard InChI is InChI=1S/C13H21N3O/c1-4-5-15-13(17)10(3)16-12-7-9(2)6-11(14)8-12/h6-8,10,16H,4-5,14H2,1-3H3,(H,15,17). The Hall–Kier alpha value is -1.71. The molecule has 17 heavy (non-hydrogen) atoms. The molecule has 1 amide bonds. The van der Waals surface area contributed by atoms with E-state index in [1.54, 1.807) is 0 Å². The lowest BCUT2D eigenvalue weighted by molar-refractivity contribution is -0.121. The van der Waals surface area contributed by atoms with E-state index in [0.717, 1.165) is 17.7 Å². The van der Waals surface area contributed by atoms with Crippen LogP contribution >= 0.6 is 0 Å². The molecule has 0 aliphatic heterocycles. The molecule has 0 radical (unpaired) electrons. The third-order valence-corrected chi connectivity index (χ3v) is 2.43. The summed E-state index contributed by atoms with van der Waals surface area (Å²) >= 11 is 0. The van der Waals surface area contributed by atoms with Crippen LogP contribution in [0.2, 0.25) is 0 Å². The number of nitrogens with two attached hydrogens (primary N) is 1. The van der Waals surface area contributed by atoms with Crippen LogP contribution in [-0.2, 0) is 4.79 Å². The minimum absolute atomic E-state index is 0.00641. The Labute approximate surface area is 103 Å². The fourth-order valence-corrected chi connectivity index (χ4v) is 1.61. The number of nitrogens with one attached hydrogen (secondary N) is 2. The van der Waals surface area contributed by atoms with Gasteiger partial charge < -0.3 is 16.4 Å². The highest BCUT2D eigenvalue weighted by Crippen LogP contribution is 2.16. The SMILES string of the molecule is CCCNC(=O)C(C)Nc1cc(C)cc(N)c1. The summed E-state index contributed by atoms with van der Waals surface area (Å²) < 4.78 is 0. The molecule has 1 unspecified atom stereocenters. The quantitative estimate of drug-likeness (QED) is 0.683. The van der Waals surface area contributed by atoms with Gasteiger partial charge in [0.2, 0.25) is 5.91 Å². The first-order chi connectivity index (χ1) is 8.02. The van der Waals surface area contributed by atoms with Crippen LogP contribution in [0.3, 0.4) is 0 Å². The molecule has 0 aliphatic carbocycles. The van der Waals surface area contributed by atoms with Crippen LogP contribution < -0.4 is 16.4 Å². The summed E-state index contributed by atoms with van der Waals surface area (Å²) in [6, 6.07) is 5.44. The topological polar surface area (TPSA) is 67.2 Å². The molecule has 0 saturated heterocycles. The molecule has 1 aromatic rings. The van der Waals surface area contributed by atoms with Gasteiger partial charge in [-0.15, -0.1) is 0 Å². The van der Waals surface area contributed by atoms with E-state index in [9.17, 15) is 4.79 Å². The Kier molecular flexibility index (Phi) is 4.82. The van der Waals surface area contributed by atoms with Crippen molar-refractivity contribution in [3.63, 3.8) is 0 Å². The summed E-state index contributed by atoms with van der Waals surface area (Å²) in [5, 5.41) is 5.99. The lowest BCUT2D eigenvalue weighted by Gasteiger charge is -2.15. The summed E-state index contributed by atoms with van der Waals surface area (Å²) in [7, 11) is 0. The molecule has 4 N–H and O–H groups in total. The molecule has 4 heteroatoms. The lowest BCUT2D eigenvalue weighted by atomic mass is 10.2. The number of anilines is 2. The van der Waals surface area contributed by atoms with Gasteiger partial charge in [-0.2, -0.15) is 0 Å². The van der Waals surface area contributed by atoms with Crippen LogP contribution in [0, 0.1) is 6.92 Å². The number of carbonyl (C=O) groups excluding carboxylic acids is 1. The van der Waals surface area contributed by atoms with Crippen LogP contribution in [0.1, 0.15) is 25.8 Å². The second-order valence-electron chi connectivity index (χ2n) is 4.29. The lowest BCUT2D eigenvalue weighted by Crippen LogP contribution is -2.37. The summed E-state index contributed by atoms with van der Waals surface area (Å²) in [5.41, 5.74) is 8.41. The van der Waals surface area contributed by atoms with Crippen molar-refractivity contribution in [2.45, 2.75) is 33.2 Å². The zero-order valence-corrected chi connectivity index (χ0v) is 10.7. The van der Waals surface area contributed by atoms with E-state index in [4.69, 9.17) is 5.73 Å². The van der Waals surface area contributed by atoms with Crippen molar-refractivity contribution in [2.75, 3.05) is 17.6 Å². The summed E-state index contributed by atoms with van der Waals surface area (Å²) in [6.45, 7) is 6.55. The van der Waals surface area contributed by atoms with Crippen molar-refractivity contribution in [3.8, 4) is 0 Å². The molecule has 1 aromatic carbocycles. The monoisotopic (exact) mass is 235 g/mol. The third-order valence-electron chi connectivity index (χ3n) is 2.43. The fourth-order valence-electron chi connectivity index (χ4n) is 1.61. The first-order valence-corrected chi connectivity index (χ1v) is 5.94. The summed E-state index contributed by atoms with van der Waals surface area (Å²) in [5.74, 6) is 0.00641. The van der Waals surface area contributed by atoms with Gasteiger partial charge in [-0.1, -0.05) is 6.92 Å². The number of aryl methyl sites for hydroxylation is 1. The number of hydrogen-bond donors (Lipinski definition) is 3. The molecule has 0 bridgehead atoms. The van der Waals surface area contributed by atoms with E-state index >= 15 is 0 Å². The van der Waals surface area contributed by atoms with E-state index in [0.29, 0.717) is 12.2 Å². The van der Waals surface area contributed by atoms with E-state index in [2.05, 4.69) is 10.6 Å². The molecule has 0 heterocycles. The van der Waals surface area contributed by atoms with Gasteiger partial charge in [-0.05, 0) is 44.0 Å². The van der Waals surface area contributed by atoms with Gasteiger partial charge in [-0.25, -0.2) is 0 Å². The first-order valence-electron chi connectivity index (χ1n) is 5.94. The Balaban J connectivity index is 2.60. The van der Waals surface area contributed by atoms with Gasteiger partial charge in [0.05, 0.1) is 0 Å². The zero-order chi connectivity index (χ0) is 12.8. The van der Waals surface area contributed by atoms with Crippen LogP contribution in [-0.4, -0.2) is 18.5 Å². The van der Waals surface area contributed by atoms with E-state index in [1.807, 2.05) is 39.0 Å². The zero-order valence-electron chi connectivity index (χ0n) is 10.7. The van der Waals surface area contributed by atoms with Crippen molar-refractivity contribution in [1.29, 1.82) is 0 Å². The normalized spacial score (nSPS) is 11.9. The molecule has 0 aliphatic rings.